The van der Waals surface area contributed by atoms with Crippen molar-refractivity contribution in [1.29, 1.82) is 0 Å². The van der Waals surface area contributed by atoms with Crippen molar-refractivity contribution in [2.75, 3.05) is 47.5 Å². The van der Waals surface area contributed by atoms with E-state index in [9.17, 15) is 9.59 Å². The third-order valence-electron chi connectivity index (χ3n) is 5.22. The number of hydrogen-bond acceptors (Lipinski definition) is 6. The normalized spacial score (nSPS) is 15.4. The molecule has 3 rings (SSSR count). The summed E-state index contributed by atoms with van der Waals surface area (Å²) >= 11 is 5.98. The minimum atomic E-state index is -0.542. The molecule has 160 valence electrons. The maximum atomic E-state index is 13.0. The molecule has 30 heavy (non-hydrogen) atoms. The van der Waals surface area contributed by atoms with Crippen LogP contribution in [0.15, 0.2) is 42.5 Å². The fourth-order valence-electron chi connectivity index (χ4n) is 3.58. The number of hydrogen-bond donors (Lipinski definition) is 0. The first-order valence-electron chi connectivity index (χ1n) is 9.57. The van der Waals surface area contributed by atoms with Crippen LogP contribution in [0.5, 0.6) is 11.5 Å². The van der Waals surface area contributed by atoms with E-state index in [-0.39, 0.29) is 11.9 Å². The molecule has 0 saturated carbocycles. The van der Waals surface area contributed by atoms with Gasteiger partial charge in [0.05, 0.1) is 26.9 Å². The van der Waals surface area contributed by atoms with Gasteiger partial charge >= 0.3 is 5.97 Å². The average Bonchev–Trinajstić information content (AvgIpc) is 2.79. The molecule has 1 amide bonds. The molecule has 0 bridgehead atoms. The zero-order valence-electron chi connectivity index (χ0n) is 17.3. The number of halogens is 1. The Hall–Kier alpha value is -2.77. The summed E-state index contributed by atoms with van der Waals surface area (Å²) in [5.74, 6) is 0.636. The standard InChI is InChI=1S/C22H25ClN2O5/c1-28-17-8-9-18(19(14-17)29-2)21(26)25-12-10-24(11-13-25)20(22(27)30-3)15-4-6-16(23)7-5-15/h4-9,14,20H,10-13H2,1-3H3. The molecule has 2 aromatic rings. The predicted molar refractivity (Wildman–Crippen MR) is 113 cm³/mol. The summed E-state index contributed by atoms with van der Waals surface area (Å²) in [5.41, 5.74) is 1.29. The molecule has 1 saturated heterocycles. The number of benzene rings is 2. The van der Waals surface area contributed by atoms with Crippen molar-refractivity contribution in [1.82, 2.24) is 9.80 Å². The molecule has 0 N–H and O–H groups in total. The lowest BCUT2D eigenvalue weighted by Crippen LogP contribution is -2.51. The molecule has 7 nitrogen and oxygen atoms in total. The van der Waals surface area contributed by atoms with Crippen LogP contribution in [0.4, 0.5) is 0 Å². The van der Waals surface area contributed by atoms with Gasteiger partial charge in [-0.15, -0.1) is 0 Å². The summed E-state index contributed by atoms with van der Waals surface area (Å²) in [6.07, 6.45) is 0. The Morgan fingerprint density at radius 2 is 1.60 bits per heavy atom. The SMILES string of the molecule is COC(=O)C(c1ccc(Cl)cc1)N1CCN(C(=O)c2ccc(OC)cc2OC)CC1. The number of nitrogens with zero attached hydrogens (tertiary/aromatic N) is 2. The summed E-state index contributed by atoms with van der Waals surface area (Å²) in [6, 6.07) is 11.7. The van der Waals surface area contributed by atoms with E-state index >= 15 is 0 Å². The fourth-order valence-corrected chi connectivity index (χ4v) is 3.71. The van der Waals surface area contributed by atoms with Crippen LogP contribution in [0.1, 0.15) is 22.0 Å². The van der Waals surface area contributed by atoms with Gasteiger partial charge in [0.1, 0.15) is 17.5 Å². The number of methoxy groups -OCH3 is 3. The highest BCUT2D eigenvalue weighted by Crippen LogP contribution is 2.28. The van der Waals surface area contributed by atoms with Crippen molar-refractivity contribution < 1.29 is 23.8 Å². The Kier molecular flexibility index (Phi) is 7.18. The first kappa shape index (κ1) is 21.9. The van der Waals surface area contributed by atoms with E-state index < -0.39 is 6.04 Å². The van der Waals surface area contributed by atoms with Crippen molar-refractivity contribution in [3.63, 3.8) is 0 Å². The van der Waals surface area contributed by atoms with Gasteiger partial charge in [0.15, 0.2) is 0 Å². The lowest BCUT2D eigenvalue weighted by molar-refractivity contribution is -0.148. The molecule has 1 fully saturated rings. The molecule has 8 heteroatoms. The third kappa shape index (κ3) is 4.68. The number of esters is 1. The number of carbonyl (C=O) groups excluding carboxylic acids is 2. The molecule has 0 radical (unpaired) electrons. The number of piperazine rings is 1. The van der Waals surface area contributed by atoms with Crippen LogP contribution in [0, 0.1) is 0 Å². The molecule has 1 unspecified atom stereocenters. The first-order valence-corrected chi connectivity index (χ1v) is 9.95. The van der Waals surface area contributed by atoms with E-state index in [1.807, 2.05) is 17.0 Å². The summed E-state index contributed by atoms with van der Waals surface area (Å²) in [4.78, 5) is 29.3. The van der Waals surface area contributed by atoms with Gasteiger partial charge in [-0.05, 0) is 29.8 Å². The second-order valence-electron chi connectivity index (χ2n) is 6.87. The van der Waals surface area contributed by atoms with Crippen molar-refractivity contribution in [3.8, 4) is 11.5 Å². The number of carbonyl (C=O) groups is 2. The lowest BCUT2D eigenvalue weighted by atomic mass is 10.0. The van der Waals surface area contributed by atoms with Gasteiger partial charge in [0, 0.05) is 37.3 Å². The largest absolute Gasteiger partial charge is 0.497 e. The van der Waals surface area contributed by atoms with E-state index in [1.165, 1.54) is 14.2 Å². The smallest absolute Gasteiger partial charge is 0.327 e. The highest BCUT2D eigenvalue weighted by molar-refractivity contribution is 6.30. The molecule has 0 spiro atoms. The highest BCUT2D eigenvalue weighted by Gasteiger charge is 2.33. The van der Waals surface area contributed by atoms with Crippen LogP contribution < -0.4 is 9.47 Å². The highest BCUT2D eigenvalue weighted by atomic mass is 35.5. The molecule has 1 atom stereocenters. The van der Waals surface area contributed by atoms with Gasteiger partial charge in [0.25, 0.3) is 5.91 Å². The van der Waals surface area contributed by atoms with Crippen LogP contribution >= 0.6 is 11.6 Å². The van der Waals surface area contributed by atoms with Gasteiger partial charge in [-0.1, -0.05) is 23.7 Å². The van der Waals surface area contributed by atoms with Crippen molar-refractivity contribution >= 4 is 23.5 Å². The monoisotopic (exact) mass is 432 g/mol. The Labute approximate surface area is 181 Å². The third-order valence-corrected chi connectivity index (χ3v) is 5.47. The summed E-state index contributed by atoms with van der Waals surface area (Å²) in [6.45, 7) is 2.03. The lowest BCUT2D eigenvalue weighted by Gasteiger charge is -2.38. The van der Waals surface area contributed by atoms with E-state index in [0.717, 1.165) is 5.56 Å². The molecule has 1 heterocycles. The zero-order chi connectivity index (χ0) is 21.7. The van der Waals surface area contributed by atoms with Gasteiger partial charge in [-0.25, -0.2) is 4.79 Å². The second-order valence-corrected chi connectivity index (χ2v) is 7.31. The van der Waals surface area contributed by atoms with Gasteiger partial charge in [-0.2, -0.15) is 0 Å². The topological polar surface area (TPSA) is 68.3 Å². The van der Waals surface area contributed by atoms with E-state index in [1.54, 1.807) is 42.3 Å². The van der Waals surface area contributed by atoms with Crippen molar-refractivity contribution in [2.45, 2.75) is 6.04 Å². The van der Waals surface area contributed by atoms with Gasteiger partial charge < -0.3 is 19.1 Å². The number of amides is 1. The molecular weight excluding hydrogens is 408 g/mol. The van der Waals surface area contributed by atoms with Crippen LogP contribution in [0.2, 0.25) is 5.02 Å². The fraction of sp³-hybridized carbons (Fsp3) is 0.364. The molecular formula is C22H25ClN2O5. The van der Waals surface area contributed by atoms with E-state index in [4.69, 9.17) is 25.8 Å². The Morgan fingerprint density at radius 3 is 2.17 bits per heavy atom. The minimum Gasteiger partial charge on any atom is -0.497 e. The summed E-state index contributed by atoms with van der Waals surface area (Å²) in [7, 11) is 4.46. The summed E-state index contributed by atoms with van der Waals surface area (Å²) < 4.78 is 15.6. The molecule has 0 aromatic heterocycles. The predicted octanol–water partition coefficient (Wildman–Crippen LogP) is 3.03. The molecule has 0 aliphatic carbocycles. The molecule has 2 aromatic carbocycles. The van der Waals surface area contributed by atoms with Crippen molar-refractivity contribution in [3.05, 3.63) is 58.6 Å². The van der Waals surface area contributed by atoms with Gasteiger partial charge in [-0.3, -0.25) is 9.69 Å². The van der Waals surface area contributed by atoms with E-state index in [2.05, 4.69) is 0 Å². The minimum absolute atomic E-state index is 0.115. The molecule has 1 aliphatic rings. The number of ether oxygens (including phenoxy) is 3. The zero-order valence-corrected chi connectivity index (χ0v) is 18.0. The maximum Gasteiger partial charge on any atom is 0.327 e. The van der Waals surface area contributed by atoms with Crippen LogP contribution in [0.3, 0.4) is 0 Å². The quantitative estimate of drug-likeness (QED) is 0.653. The average molecular weight is 433 g/mol. The number of rotatable bonds is 6. The Morgan fingerprint density at radius 1 is 0.933 bits per heavy atom. The molecule has 1 aliphatic heterocycles. The van der Waals surface area contributed by atoms with Gasteiger partial charge in [0.2, 0.25) is 0 Å². The first-order chi connectivity index (χ1) is 14.5. The Balaban J connectivity index is 1.73. The van der Waals surface area contributed by atoms with Crippen molar-refractivity contribution in [2.24, 2.45) is 0 Å². The second kappa shape index (κ2) is 9.82. The maximum absolute atomic E-state index is 13.0. The Bertz CT molecular complexity index is 895. The van der Waals surface area contributed by atoms with Crippen LogP contribution in [-0.4, -0.2) is 69.2 Å². The van der Waals surface area contributed by atoms with Crippen LogP contribution in [-0.2, 0) is 9.53 Å². The summed E-state index contributed by atoms with van der Waals surface area (Å²) in [5, 5.41) is 0.603. The van der Waals surface area contributed by atoms with E-state index in [0.29, 0.717) is 48.3 Å². The van der Waals surface area contributed by atoms with Crippen LogP contribution in [0.25, 0.3) is 0 Å².